The van der Waals surface area contributed by atoms with Gasteiger partial charge in [0.25, 0.3) is 0 Å². The second-order valence-electron chi connectivity index (χ2n) is 6.36. The van der Waals surface area contributed by atoms with Gasteiger partial charge in [-0.3, -0.25) is 9.59 Å². The summed E-state index contributed by atoms with van der Waals surface area (Å²) < 4.78 is 1.87. The lowest BCUT2D eigenvalue weighted by Crippen LogP contribution is -2.19. The van der Waals surface area contributed by atoms with Crippen LogP contribution in [-0.2, 0) is 17.8 Å². The molecule has 0 aliphatic rings. The van der Waals surface area contributed by atoms with Crippen molar-refractivity contribution in [3.05, 3.63) is 64.8 Å². The number of aldehydes is 1. The summed E-state index contributed by atoms with van der Waals surface area (Å²) in [5.41, 5.74) is 5.66. The van der Waals surface area contributed by atoms with Crippen molar-refractivity contribution >= 4 is 28.8 Å². The quantitative estimate of drug-likeness (QED) is 0.708. The molecule has 4 nitrogen and oxygen atoms in total. The molecular weight excluding hydrogens is 312 g/mol. The molecule has 0 radical (unpaired) electrons. The van der Waals surface area contributed by atoms with Gasteiger partial charge in [-0.2, -0.15) is 0 Å². The zero-order valence-corrected chi connectivity index (χ0v) is 14.8. The summed E-state index contributed by atoms with van der Waals surface area (Å²) in [6.07, 6.45) is 3.46. The van der Waals surface area contributed by atoms with Gasteiger partial charge in [0.2, 0.25) is 5.91 Å². The number of amides is 1. The molecule has 0 fully saturated rings. The third-order valence-electron chi connectivity index (χ3n) is 4.50. The summed E-state index contributed by atoms with van der Waals surface area (Å²) in [5, 5.41) is 3.88. The number of carbonyl (C=O) groups is 2. The molecular formula is C21H22N2O2. The van der Waals surface area contributed by atoms with E-state index in [4.69, 9.17) is 0 Å². The van der Waals surface area contributed by atoms with Crippen molar-refractivity contribution in [2.75, 3.05) is 5.32 Å². The Labute approximate surface area is 147 Å². The average Bonchev–Trinajstić information content (AvgIpc) is 2.96. The number of hydrogen-bond acceptors (Lipinski definition) is 2. The van der Waals surface area contributed by atoms with E-state index >= 15 is 0 Å². The highest BCUT2D eigenvalue weighted by Gasteiger charge is 2.14. The fourth-order valence-electron chi connectivity index (χ4n) is 3.18. The van der Waals surface area contributed by atoms with Crippen LogP contribution in [0.5, 0.6) is 0 Å². The number of para-hydroxylation sites is 1. The first-order valence-electron chi connectivity index (χ1n) is 8.46. The standard InChI is InChI=1S/C21H22N2O2/c1-4-16-6-5-7-18-17(13-24)11-23(21(16)18)12-20(25)22-19-10-14(2)8-9-15(19)3/h5-11,13H,4,12H2,1-3H3,(H,22,25). The van der Waals surface area contributed by atoms with Crippen LogP contribution in [0.15, 0.2) is 42.6 Å². The van der Waals surface area contributed by atoms with Crippen molar-refractivity contribution in [1.82, 2.24) is 4.57 Å². The summed E-state index contributed by atoms with van der Waals surface area (Å²) in [4.78, 5) is 23.9. The third-order valence-corrected chi connectivity index (χ3v) is 4.50. The molecule has 0 atom stereocenters. The van der Waals surface area contributed by atoms with Crippen LogP contribution in [0.25, 0.3) is 10.9 Å². The first-order valence-corrected chi connectivity index (χ1v) is 8.46. The lowest BCUT2D eigenvalue weighted by atomic mass is 10.1. The maximum atomic E-state index is 12.6. The van der Waals surface area contributed by atoms with Crippen molar-refractivity contribution in [2.45, 2.75) is 33.7 Å². The van der Waals surface area contributed by atoms with Crippen molar-refractivity contribution < 1.29 is 9.59 Å². The van der Waals surface area contributed by atoms with E-state index in [2.05, 4.69) is 12.2 Å². The van der Waals surface area contributed by atoms with Gasteiger partial charge in [0.15, 0.2) is 6.29 Å². The first-order chi connectivity index (χ1) is 12.0. The van der Waals surface area contributed by atoms with Gasteiger partial charge in [-0.25, -0.2) is 0 Å². The Morgan fingerprint density at radius 1 is 1.20 bits per heavy atom. The molecule has 2 aromatic carbocycles. The lowest BCUT2D eigenvalue weighted by molar-refractivity contribution is -0.116. The highest BCUT2D eigenvalue weighted by atomic mass is 16.2. The fraction of sp³-hybridized carbons (Fsp3) is 0.238. The number of nitrogens with zero attached hydrogens (tertiary/aromatic N) is 1. The maximum absolute atomic E-state index is 12.6. The molecule has 1 N–H and O–H groups in total. The molecule has 25 heavy (non-hydrogen) atoms. The van der Waals surface area contributed by atoms with Gasteiger partial charge in [0, 0.05) is 22.8 Å². The van der Waals surface area contributed by atoms with Crippen LogP contribution in [0.3, 0.4) is 0 Å². The molecule has 1 heterocycles. The number of aryl methyl sites for hydroxylation is 3. The van der Waals surface area contributed by atoms with E-state index in [1.165, 1.54) is 0 Å². The van der Waals surface area contributed by atoms with Gasteiger partial charge in [-0.05, 0) is 43.0 Å². The highest BCUT2D eigenvalue weighted by Crippen LogP contribution is 2.25. The monoisotopic (exact) mass is 334 g/mol. The van der Waals surface area contributed by atoms with E-state index in [-0.39, 0.29) is 12.5 Å². The molecule has 1 aromatic heterocycles. The van der Waals surface area contributed by atoms with E-state index in [1.807, 2.05) is 54.8 Å². The van der Waals surface area contributed by atoms with Gasteiger partial charge < -0.3 is 9.88 Å². The van der Waals surface area contributed by atoms with E-state index < -0.39 is 0 Å². The Morgan fingerprint density at radius 2 is 2.00 bits per heavy atom. The summed E-state index contributed by atoms with van der Waals surface area (Å²) >= 11 is 0. The SMILES string of the molecule is CCc1cccc2c(C=O)cn(CC(=O)Nc3cc(C)ccc3C)c12. The van der Waals surface area contributed by atoms with E-state index in [9.17, 15) is 9.59 Å². The molecule has 0 aliphatic heterocycles. The summed E-state index contributed by atoms with van der Waals surface area (Å²) in [7, 11) is 0. The van der Waals surface area contributed by atoms with E-state index in [0.717, 1.165) is 46.0 Å². The summed E-state index contributed by atoms with van der Waals surface area (Å²) in [6.45, 7) is 6.22. The van der Waals surface area contributed by atoms with Gasteiger partial charge >= 0.3 is 0 Å². The van der Waals surface area contributed by atoms with Crippen LogP contribution in [0.1, 0.15) is 34.0 Å². The molecule has 4 heteroatoms. The normalized spacial score (nSPS) is 10.8. The smallest absolute Gasteiger partial charge is 0.244 e. The molecule has 3 rings (SSSR count). The molecule has 0 saturated carbocycles. The second-order valence-corrected chi connectivity index (χ2v) is 6.36. The summed E-state index contributed by atoms with van der Waals surface area (Å²) in [5.74, 6) is -0.103. The Balaban J connectivity index is 1.93. The largest absolute Gasteiger partial charge is 0.337 e. The number of hydrogen-bond donors (Lipinski definition) is 1. The topological polar surface area (TPSA) is 51.1 Å². The van der Waals surface area contributed by atoms with Crippen LogP contribution in [0.2, 0.25) is 0 Å². The highest BCUT2D eigenvalue weighted by molar-refractivity contribution is 6.00. The van der Waals surface area contributed by atoms with Gasteiger partial charge in [0.05, 0.1) is 5.52 Å². The Hall–Kier alpha value is -2.88. The Kier molecular flexibility index (Phi) is 4.70. The van der Waals surface area contributed by atoms with Crippen LogP contribution in [0, 0.1) is 13.8 Å². The fourth-order valence-corrected chi connectivity index (χ4v) is 3.18. The van der Waals surface area contributed by atoms with Crippen LogP contribution < -0.4 is 5.32 Å². The van der Waals surface area contributed by atoms with Crippen molar-refractivity contribution in [2.24, 2.45) is 0 Å². The zero-order chi connectivity index (χ0) is 18.0. The summed E-state index contributed by atoms with van der Waals surface area (Å²) in [6, 6.07) is 11.9. The molecule has 1 amide bonds. The maximum Gasteiger partial charge on any atom is 0.244 e. The van der Waals surface area contributed by atoms with Gasteiger partial charge in [-0.1, -0.05) is 37.3 Å². The molecule has 0 aliphatic carbocycles. The number of anilines is 1. The minimum Gasteiger partial charge on any atom is -0.337 e. The number of aromatic nitrogens is 1. The number of fused-ring (bicyclic) bond motifs is 1. The molecule has 128 valence electrons. The molecule has 3 aromatic rings. The van der Waals surface area contributed by atoms with Crippen molar-refractivity contribution in [1.29, 1.82) is 0 Å². The van der Waals surface area contributed by atoms with Gasteiger partial charge in [0.1, 0.15) is 6.54 Å². The predicted octanol–water partition coefficient (Wildman–Crippen LogP) is 4.27. The van der Waals surface area contributed by atoms with E-state index in [0.29, 0.717) is 5.56 Å². The van der Waals surface area contributed by atoms with Gasteiger partial charge in [-0.15, -0.1) is 0 Å². The van der Waals surface area contributed by atoms with Crippen molar-refractivity contribution in [3.63, 3.8) is 0 Å². The Bertz CT molecular complexity index is 954. The average molecular weight is 334 g/mol. The minimum absolute atomic E-state index is 0.103. The van der Waals surface area contributed by atoms with E-state index in [1.54, 1.807) is 6.20 Å². The van der Waals surface area contributed by atoms with Crippen LogP contribution >= 0.6 is 0 Å². The third kappa shape index (κ3) is 3.33. The van der Waals surface area contributed by atoms with Crippen LogP contribution in [-0.4, -0.2) is 16.8 Å². The van der Waals surface area contributed by atoms with Crippen LogP contribution in [0.4, 0.5) is 5.69 Å². The molecule has 0 bridgehead atoms. The zero-order valence-electron chi connectivity index (χ0n) is 14.8. The lowest BCUT2D eigenvalue weighted by Gasteiger charge is -2.12. The molecule has 0 unspecified atom stereocenters. The minimum atomic E-state index is -0.103. The Morgan fingerprint density at radius 3 is 2.72 bits per heavy atom. The number of carbonyl (C=O) groups excluding carboxylic acids is 2. The number of rotatable bonds is 5. The van der Waals surface area contributed by atoms with Crippen molar-refractivity contribution in [3.8, 4) is 0 Å². The molecule has 0 saturated heterocycles. The first kappa shape index (κ1) is 17.0. The number of nitrogens with one attached hydrogen (secondary N) is 1. The molecule has 0 spiro atoms. The predicted molar refractivity (Wildman–Crippen MR) is 101 cm³/mol. The second kappa shape index (κ2) is 6.93. The number of benzene rings is 2.